The van der Waals surface area contributed by atoms with E-state index >= 15 is 0 Å². The molecule has 6 rings (SSSR count). The van der Waals surface area contributed by atoms with Crippen LogP contribution in [0.5, 0.6) is 0 Å². The second-order valence-electron chi connectivity index (χ2n) is 8.79. The number of piperazine rings is 1. The number of nitrogens with one attached hydrogen (secondary N) is 1. The highest BCUT2D eigenvalue weighted by atomic mass is 19.1. The van der Waals surface area contributed by atoms with E-state index in [1.165, 1.54) is 12.3 Å². The maximum Gasteiger partial charge on any atom is 0.341 e. The van der Waals surface area contributed by atoms with Gasteiger partial charge < -0.3 is 19.9 Å². The third-order valence-electron chi connectivity index (χ3n) is 6.52. The lowest BCUT2D eigenvalue weighted by Crippen LogP contribution is -2.59. The summed E-state index contributed by atoms with van der Waals surface area (Å²) in [4.78, 5) is 30.8. The zero-order valence-corrected chi connectivity index (χ0v) is 15.9. The third kappa shape index (κ3) is 2.40. The zero-order valence-electron chi connectivity index (χ0n) is 15.9. The van der Waals surface area contributed by atoms with Crippen molar-refractivity contribution < 1.29 is 14.3 Å². The SMILES string of the molecule is CC1CN(c2nc3c(cc2F)c(=O)c(C(=O)O)cn3C23CC(C2)C3)CC(C)N1. The van der Waals surface area contributed by atoms with Gasteiger partial charge in [0, 0.05) is 36.9 Å². The highest BCUT2D eigenvalue weighted by molar-refractivity contribution is 5.92. The molecule has 3 saturated carbocycles. The number of anilines is 1. The molecule has 4 aliphatic rings. The molecular formula is C20H23FN4O3. The second-order valence-corrected chi connectivity index (χ2v) is 8.79. The van der Waals surface area contributed by atoms with E-state index in [1.807, 2.05) is 23.3 Å². The molecule has 148 valence electrons. The first-order chi connectivity index (χ1) is 13.3. The van der Waals surface area contributed by atoms with Crippen molar-refractivity contribution in [2.24, 2.45) is 5.92 Å². The van der Waals surface area contributed by atoms with Crippen molar-refractivity contribution in [1.29, 1.82) is 0 Å². The molecule has 0 amide bonds. The van der Waals surface area contributed by atoms with E-state index in [4.69, 9.17) is 0 Å². The topological polar surface area (TPSA) is 87.5 Å². The summed E-state index contributed by atoms with van der Waals surface area (Å²) in [5, 5.41) is 12.9. The van der Waals surface area contributed by atoms with E-state index in [9.17, 15) is 19.1 Å². The summed E-state index contributed by atoms with van der Waals surface area (Å²) < 4.78 is 16.8. The lowest BCUT2D eigenvalue weighted by molar-refractivity contribution is -0.0864. The van der Waals surface area contributed by atoms with Crippen molar-refractivity contribution in [3.8, 4) is 0 Å². The zero-order chi connectivity index (χ0) is 19.8. The van der Waals surface area contributed by atoms with Gasteiger partial charge in [-0.25, -0.2) is 14.2 Å². The van der Waals surface area contributed by atoms with Crippen LogP contribution in [-0.4, -0.2) is 45.8 Å². The van der Waals surface area contributed by atoms with Crippen LogP contribution in [-0.2, 0) is 5.54 Å². The Bertz CT molecular complexity index is 1040. The number of pyridine rings is 2. The molecule has 2 atom stereocenters. The summed E-state index contributed by atoms with van der Waals surface area (Å²) in [5.41, 5.74) is -0.781. The van der Waals surface area contributed by atoms with Gasteiger partial charge in [0.25, 0.3) is 0 Å². The lowest BCUT2D eigenvalue weighted by Gasteiger charge is -2.62. The van der Waals surface area contributed by atoms with Gasteiger partial charge in [0.1, 0.15) is 11.2 Å². The van der Waals surface area contributed by atoms with Crippen molar-refractivity contribution in [2.75, 3.05) is 18.0 Å². The number of hydrogen-bond donors (Lipinski definition) is 2. The Labute approximate surface area is 161 Å². The van der Waals surface area contributed by atoms with Crippen LogP contribution in [0.2, 0.25) is 0 Å². The summed E-state index contributed by atoms with van der Waals surface area (Å²) in [6.07, 6.45) is 4.29. The minimum Gasteiger partial charge on any atom is -0.477 e. The Morgan fingerprint density at radius 2 is 1.93 bits per heavy atom. The van der Waals surface area contributed by atoms with E-state index < -0.39 is 17.2 Å². The number of carbonyl (C=O) groups is 1. The van der Waals surface area contributed by atoms with Crippen LogP contribution < -0.4 is 15.6 Å². The molecule has 0 aromatic carbocycles. The predicted molar refractivity (Wildman–Crippen MR) is 103 cm³/mol. The summed E-state index contributed by atoms with van der Waals surface area (Å²) in [6, 6.07) is 1.55. The van der Waals surface area contributed by atoms with Gasteiger partial charge in [-0.15, -0.1) is 0 Å². The number of fused-ring (bicyclic) bond motifs is 1. The van der Waals surface area contributed by atoms with Gasteiger partial charge in [0.2, 0.25) is 5.43 Å². The summed E-state index contributed by atoms with van der Waals surface area (Å²) >= 11 is 0. The van der Waals surface area contributed by atoms with Crippen LogP contribution in [0.25, 0.3) is 11.0 Å². The Hall–Kier alpha value is -2.48. The van der Waals surface area contributed by atoms with E-state index in [0.717, 1.165) is 19.3 Å². The average molecular weight is 386 g/mol. The van der Waals surface area contributed by atoms with E-state index in [2.05, 4.69) is 10.3 Å². The Balaban J connectivity index is 1.72. The minimum absolute atomic E-state index is 0.0436. The van der Waals surface area contributed by atoms with Gasteiger partial charge in [-0.3, -0.25) is 4.79 Å². The first kappa shape index (κ1) is 17.6. The van der Waals surface area contributed by atoms with Crippen LogP contribution in [0.3, 0.4) is 0 Å². The fourth-order valence-corrected chi connectivity index (χ4v) is 5.18. The van der Waals surface area contributed by atoms with Gasteiger partial charge in [0.05, 0.1) is 5.39 Å². The molecule has 3 heterocycles. The Kier molecular flexibility index (Phi) is 3.62. The van der Waals surface area contributed by atoms with E-state index in [1.54, 1.807) is 0 Å². The molecule has 0 spiro atoms. The number of rotatable bonds is 3. The molecule has 2 aromatic heterocycles. The van der Waals surface area contributed by atoms with Gasteiger partial charge in [-0.2, -0.15) is 0 Å². The number of halogens is 1. The van der Waals surface area contributed by atoms with Crippen molar-refractivity contribution >= 4 is 22.8 Å². The van der Waals surface area contributed by atoms with Gasteiger partial charge in [0.15, 0.2) is 11.6 Å². The first-order valence-electron chi connectivity index (χ1n) is 9.78. The van der Waals surface area contributed by atoms with E-state index in [-0.39, 0.29) is 34.4 Å². The largest absolute Gasteiger partial charge is 0.477 e. The molecule has 0 radical (unpaired) electrons. The van der Waals surface area contributed by atoms with Crippen LogP contribution in [0.4, 0.5) is 10.2 Å². The fourth-order valence-electron chi connectivity index (χ4n) is 5.18. The van der Waals surface area contributed by atoms with Crippen molar-refractivity contribution in [3.63, 3.8) is 0 Å². The van der Waals surface area contributed by atoms with Crippen molar-refractivity contribution in [1.82, 2.24) is 14.9 Å². The maximum absolute atomic E-state index is 15.0. The molecule has 4 fully saturated rings. The smallest absolute Gasteiger partial charge is 0.341 e. The molecule has 2 unspecified atom stereocenters. The highest BCUT2D eigenvalue weighted by Gasteiger charge is 2.58. The summed E-state index contributed by atoms with van der Waals surface area (Å²) in [5.74, 6) is -0.980. The lowest BCUT2D eigenvalue weighted by atomic mass is 9.49. The van der Waals surface area contributed by atoms with Gasteiger partial charge >= 0.3 is 5.97 Å². The quantitative estimate of drug-likeness (QED) is 0.838. The fraction of sp³-hybridized carbons (Fsp3) is 0.550. The number of aromatic nitrogens is 2. The average Bonchev–Trinajstić information content (AvgIpc) is 2.53. The van der Waals surface area contributed by atoms with E-state index in [0.29, 0.717) is 24.7 Å². The Morgan fingerprint density at radius 1 is 1.29 bits per heavy atom. The monoisotopic (exact) mass is 386 g/mol. The van der Waals surface area contributed by atoms with Crippen LogP contribution in [0, 0.1) is 11.7 Å². The molecular weight excluding hydrogens is 363 g/mol. The number of aromatic carboxylic acids is 1. The number of hydrogen-bond acceptors (Lipinski definition) is 5. The molecule has 2 bridgehead atoms. The Morgan fingerprint density at radius 3 is 2.46 bits per heavy atom. The van der Waals surface area contributed by atoms with Crippen LogP contribution in [0.15, 0.2) is 17.1 Å². The molecule has 2 aromatic rings. The van der Waals surface area contributed by atoms with Crippen LogP contribution in [0.1, 0.15) is 43.5 Å². The molecule has 1 aliphatic heterocycles. The van der Waals surface area contributed by atoms with Crippen molar-refractivity contribution in [2.45, 2.75) is 50.7 Å². The molecule has 28 heavy (non-hydrogen) atoms. The van der Waals surface area contributed by atoms with Crippen molar-refractivity contribution in [3.05, 3.63) is 33.9 Å². The van der Waals surface area contributed by atoms with Crippen LogP contribution >= 0.6 is 0 Å². The molecule has 2 N–H and O–H groups in total. The van der Waals surface area contributed by atoms with Gasteiger partial charge in [-0.1, -0.05) is 0 Å². The standard InChI is InChI=1S/C20H23FN4O3/c1-10-7-24(8-11(2)22-10)18-15(21)3-13-16(26)14(19(27)28)9-25(17(13)23-18)20-4-12(5-20)6-20/h3,9-12,22H,4-8H2,1-2H3,(H,27,28). The first-order valence-corrected chi connectivity index (χ1v) is 9.78. The number of carboxylic acid groups (broad SMARTS) is 1. The second kappa shape index (κ2) is 5.76. The normalized spacial score (nSPS) is 31.4. The predicted octanol–water partition coefficient (Wildman–Crippen LogP) is 1.93. The summed E-state index contributed by atoms with van der Waals surface area (Å²) in [7, 11) is 0. The minimum atomic E-state index is -1.29. The molecule has 1 saturated heterocycles. The summed E-state index contributed by atoms with van der Waals surface area (Å²) in [6.45, 7) is 5.31. The maximum atomic E-state index is 15.0. The highest BCUT2D eigenvalue weighted by Crippen LogP contribution is 2.62. The molecule has 7 nitrogen and oxygen atoms in total. The molecule has 3 aliphatic carbocycles. The molecule has 8 heteroatoms. The van der Waals surface area contributed by atoms with Gasteiger partial charge in [-0.05, 0) is 45.1 Å². The number of nitrogens with zero attached hydrogens (tertiary/aromatic N) is 3. The third-order valence-corrected chi connectivity index (χ3v) is 6.52. The number of carboxylic acids is 1.